The first-order valence-corrected chi connectivity index (χ1v) is 7.75. The number of benzene rings is 2. The Bertz CT molecular complexity index is 751. The summed E-state index contributed by atoms with van der Waals surface area (Å²) < 4.78 is 0. The number of hydrogen-bond acceptors (Lipinski definition) is 2. The van der Waals surface area contributed by atoms with Gasteiger partial charge < -0.3 is 5.32 Å². The van der Waals surface area contributed by atoms with Gasteiger partial charge in [0.15, 0.2) is 0 Å². The van der Waals surface area contributed by atoms with E-state index in [4.69, 9.17) is 0 Å². The standard InChI is InChI=1S/C19H19N3O/c23-19(20-13-7-10-15-8-3-1-4-9-15)17-14-21-22-18(17)16-11-5-2-6-12-16/h1-6,8-9,11-12,14H,7,10,13H2,(H,20,23)(H,21,22). The quantitative estimate of drug-likeness (QED) is 0.685. The molecular weight excluding hydrogens is 286 g/mol. The minimum absolute atomic E-state index is 0.0920. The van der Waals surface area contributed by atoms with Gasteiger partial charge in [-0.3, -0.25) is 9.89 Å². The second kappa shape index (κ2) is 7.40. The predicted octanol–water partition coefficient (Wildman–Crippen LogP) is 3.44. The lowest BCUT2D eigenvalue weighted by atomic mass is 10.1. The molecule has 0 aliphatic rings. The maximum Gasteiger partial charge on any atom is 0.255 e. The van der Waals surface area contributed by atoms with Crippen LogP contribution in [0.25, 0.3) is 11.3 Å². The lowest BCUT2D eigenvalue weighted by Gasteiger charge is -2.06. The van der Waals surface area contributed by atoms with Gasteiger partial charge in [0.05, 0.1) is 17.5 Å². The third-order valence-electron chi connectivity index (χ3n) is 3.72. The van der Waals surface area contributed by atoms with Crippen molar-refractivity contribution in [1.82, 2.24) is 15.5 Å². The van der Waals surface area contributed by atoms with E-state index < -0.39 is 0 Å². The Hall–Kier alpha value is -2.88. The molecule has 0 atom stereocenters. The van der Waals surface area contributed by atoms with Crippen LogP contribution in [0.1, 0.15) is 22.3 Å². The fourth-order valence-corrected chi connectivity index (χ4v) is 2.52. The Labute approximate surface area is 135 Å². The fraction of sp³-hybridized carbons (Fsp3) is 0.158. The first-order chi connectivity index (χ1) is 11.3. The molecule has 2 aromatic carbocycles. The van der Waals surface area contributed by atoms with Crippen LogP contribution in [0.3, 0.4) is 0 Å². The zero-order chi connectivity index (χ0) is 15.9. The molecule has 0 spiro atoms. The Morgan fingerprint density at radius 1 is 1.00 bits per heavy atom. The van der Waals surface area contributed by atoms with E-state index in [1.54, 1.807) is 6.20 Å². The van der Waals surface area contributed by atoms with E-state index in [0.717, 1.165) is 24.1 Å². The number of carbonyl (C=O) groups excluding carboxylic acids is 1. The summed E-state index contributed by atoms with van der Waals surface area (Å²) in [6.07, 6.45) is 3.45. The largest absolute Gasteiger partial charge is 0.352 e. The number of rotatable bonds is 6. The number of nitrogens with zero attached hydrogens (tertiary/aromatic N) is 1. The third kappa shape index (κ3) is 3.86. The smallest absolute Gasteiger partial charge is 0.255 e. The summed E-state index contributed by atoms with van der Waals surface area (Å²) in [5.41, 5.74) is 3.58. The molecule has 4 heteroatoms. The molecule has 0 bridgehead atoms. The van der Waals surface area contributed by atoms with Crippen LogP contribution in [0.5, 0.6) is 0 Å². The van der Waals surface area contributed by atoms with Crippen molar-refractivity contribution in [3.05, 3.63) is 78.0 Å². The molecule has 0 fully saturated rings. The van der Waals surface area contributed by atoms with Gasteiger partial charge in [-0.1, -0.05) is 60.7 Å². The van der Waals surface area contributed by atoms with Gasteiger partial charge in [0.25, 0.3) is 5.91 Å². The normalized spacial score (nSPS) is 10.4. The van der Waals surface area contributed by atoms with E-state index in [9.17, 15) is 4.79 Å². The highest BCUT2D eigenvalue weighted by atomic mass is 16.1. The van der Waals surface area contributed by atoms with Gasteiger partial charge in [-0.05, 0) is 18.4 Å². The predicted molar refractivity (Wildman–Crippen MR) is 91.1 cm³/mol. The minimum Gasteiger partial charge on any atom is -0.352 e. The Morgan fingerprint density at radius 2 is 1.70 bits per heavy atom. The number of aryl methyl sites for hydroxylation is 1. The van der Waals surface area contributed by atoms with Gasteiger partial charge in [-0.2, -0.15) is 5.10 Å². The van der Waals surface area contributed by atoms with Crippen LogP contribution in [0.2, 0.25) is 0 Å². The molecule has 0 radical (unpaired) electrons. The molecular formula is C19H19N3O. The van der Waals surface area contributed by atoms with Crippen LogP contribution in [0.4, 0.5) is 0 Å². The summed E-state index contributed by atoms with van der Waals surface area (Å²) in [6.45, 7) is 0.646. The van der Waals surface area contributed by atoms with Crippen LogP contribution in [0.15, 0.2) is 66.9 Å². The molecule has 3 rings (SSSR count). The highest BCUT2D eigenvalue weighted by Crippen LogP contribution is 2.20. The summed E-state index contributed by atoms with van der Waals surface area (Å²) in [5.74, 6) is -0.0920. The highest BCUT2D eigenvalue weighted by molar-refractivity contribution is 5.99. The Kier molecular flexibility index (Phi) is 4.84. The molecule has 0 aliphatic carbocycles. The Morgan fingerprint density at radius 3 is 2.43 bits per heavy atom. The molecule has 3 aromatic rings. The van der Waals surface area contributed by atoms with Crippen molar-refractivity contribution in [3.63, 3.8) is 0 Å². The molecule has 4 nitrogen and oxygen atoms in total. The van der Waals surface area contributed by atoms with Gasteiger partial charge in [0, 0.05) is 12.1 Å². The van der Waals surface area contributed by atoms with Crippen LogP contribution in [0, 0.1) is 0 Å². The zero-order valence-corrected chi connectivity index (χ0v) is 12.8. The van der Waals surface area contributed by atoms with Gasteiger partial charge in [-0.15, -0.1) is 0 Å². The number of H-pyrrole nitrogens is 1. The zero-order valence-electron chi connectivity index (χ0n) is 12.8. The number of amides is 1. The van der Waals surface area contributed by atoms with Gasteiger partial charge in [-0.25, -0.2) is 0 Å². The second-order valence-corrected chi connectivity index (χ2v) is 5.37. The SMILES string of the molecule is O=C(NCCCc1ccccc1)c1cn[nH]c1-c1ccccc1. The number of carbonyl (C=O) groups is 1. The van der Waals surface area contributed by atoms with Gasteiger partial charge >= 0.3 is 0 Å². The Balaban J connectivity index is 1.56. The highest BCUT2D eigenvalue weighted by Gasteiger charge is 2.14. The average Bonchev–Trinajstić information content (AvgIpc) is 3.10. The number of aromatic nitrogens is 2. The molecule has 0 saturated carbocycles. The summed E-state index contributed by atoms with van der Waals surface area (Å²) in [4.78, 5) is 12.3. The number of aromatic amines is 1. The van der Waals surface area contributed by atoms with Crippen molar-refractivity contribution in [2.75, 3.05) is 6.54 Å². The molecule has 2 N–H and O–H groups in total. The lowest BCUT2D eigenvalue weighted by Crippen LogP contribution is -2.24. The van der Waals surface area contributed by atoms with E-state index in [1.165, 1.54) is 5.56 Å². The van der Waals surface area contributed by atoms with Crippen molar-refractivity contribution < 1.29 is 4.79 Å². The molecule has 23 heavy (non-hydrogen) atoms. The van der Waals surface area contributed by atoms with Crippen molar-refractivity contribution in [2.45, 2.75) is 12.8 Å². The van der Waals surface area contributed by atoms with Crippen LogP contribution >= 0.6 is 0 Å². The first-order valence-electron chi connectivity index (χ1n) is 7.75. The topological polar surface area (TPSA) is 57.8 Å². The van der Waals surface area contributed by atoms with Crippen LogP contribution < -0.4 is 5.32 Å². The maximum absolute atomic E-state index is 12.3. The lowest BCUT2D eigenvalue weighted by molar-refractivity contribution is 0.0954. The molecule has 1 heterocycles. The molecule has 0 unspecified atom stereocenters. The summed E-state index contributed by atoms with van der Waals surface area (Å²) in [5, 5.41) is 9.88. The molecule has 116 valence electrons. The number of hydrogen-bond donors (Lipinski definition) is 2. The average molecular weight is 305 g/mol. The summed E-state index contributed by atoms with van der Waals surface area (Å²) in [6, 6.07) is 20.0. The molecule has 1 amide bonds. The molecule has 1 aromatic heterocycles. The van der Waals surface area contributed by atoms with E-state index in [0.29, 0.717) is 12.1 Å². The van der Waals surface area contributed by atoms with E-state index in [2.05, 4.69) is 27.6 Å². The first kappa shape index (κ1) is 15.0. The van der Waals surface area contributed by atoms with Crippen molar-refractivity contribution >= 4 is 5.91 Å². The van der Waals surface area contributed by atoms with Crippen LogP contribution in [-0.2, 0) is 6.42 Å². The molecule has 0 saturated heterocycles. The van der Waals surface area contributed by atoms with Crippen molar-refractivity contribution in [2.24, 2.45) is 0 Å². The van der Waals surface area contributed by atoms with Crippen molar-refractivity contribution in [1.29, 1.82) is 0 Å². The third-order valence-corrected chi connectivity index (χ3v) is 3.72. The summed E-state index contributed by atoms with van der Waals surface area (Å²) in [7, 11) is 0. The van der Waals surface area contributed by atoms with Crippen molar-refractivity contribution in [3.8, 4) is 11.3 Å². The minimum atomic E-state index is -0.0920. The maximum atomic E-state index is 12.3. The summed E-state index contributed by atoms with van der Waals surface area (Å²) >= 11 is 0. The van der Waals surface area contributed by atoms with Gasteiger partial charge in [0.2, 0.25) is 0 Å². The van der Waals surface area contributed by atoms with E-state index in [-0.39, 0.29) is 5.91 Å². The fourth-order valence-electron chi connectivity index (χ4n) is 2.52. The van der Waals surface area contributed by atoms with E-state index >= 15 is 0 Å². The van der Waals surface area contributed by atoms with E-state index in [1.807, 2.05) is 48.5 Å². The monoisotopic (exact) mass is 305 g/mol. The second-order valence-electron chi connectivity index (χ2n) is 5.37. The molecule has 0 aliphatic heterocycles. The number of nitrogens with one attached hydrogen (secondary N) is 2. The van der Waals surface area contributed by atoms with Crippen LogP contribution in [-0.4, -0.2) is 22.6 Å². The van der Waals surface area contributed by atoms with Gasteiger partial charge in [0.1, 0.15) is 0 Å².